The molecule has 7 heteroatoms. The normalized spacial score (nSPS) is 13.7. The van der Waals surface area contributed by atoms with Gasteiger partial charge in [0.25, 0.3) is 0 Å². The first kappa shape index (κ1) is 17.1. The molecule has 0 fully saturated rings. The van der Waals surface area contributed by atoms with Crippen molar-refractivity contribution in [2.45, 2.75) is 39.3 Å². The molecule has 2 amide bonds. The maximum absolute atomic E-state index is 13.5. The molecule has 2 aromatic rings. The summed E-state index contributed by atoms with van der Waals surface area (Å²) in [5.41, 5.74) is 1.33. The Bertz CT molecular complexity index is 787. The predicted molar refractivity (Wildman–Crippen MR) is 91.4 cm³/mol. The van der Waals surface area contributed by atoms with E-state index in [2.05, 4.69) is 10.4 Å². The van der Waals surface area contributed by atoms with Crippen molar-refractivity contribution in [2.75, 3.05) is 11.4 Å². The Morgan fingerprint density at radius 1 is 1.36 bits per heavy atom. The summed E-state index contributed by atoms with van der Waals surface area (Å²) in [6.07, 6.45) is 1.25. The Morgan fingerprint density at radius 2 is 2.16 bits per heavy atom. The van der Waals surface area contributed by atoms with E-state index >= 15 is 0 Å². The first-order valence-electron chi connectivity index (χ1n) is 8.39. The average molecular weight is 344 g/mol. The fourth-order valence-corrected chi connectivity index (χ4v) is 2.94. The van der Waals surface area contributed by atoms with Crippen molar-refractivity contribution in [3.8, 4) is 0 Å². The average Bonchev–Trinajstić information content (AvgIpc) is 2.97. The molecule has 0 spiro atoms. The van der Waals surface area contributed by atoms with Gasteiger partial charge >= 0.3 is 0 Å². The number of nitrogens with zero attached hydrogens (tertiary/aromatic N) is 3. The minimum Gasteiger partial charge on any atom is -0.352 e. The molecule has 1 aliphatic rings. The van der Waals surface area contributed by atoms with E-state index in [1.807, 2.05) is 17.7 Å². The lowest BCUT2D eigenvalue weighted by molar-refractivity contribution is -0.122. The van der Waals surface area contributed by atoms with Gasteiger partial charge in [0, 0.05) is 37.6 Å². The van der Waals surface area contributed by atoms with Crippen LogP contribution in [0.5, 0.6) is 0 Å². The maximum Gasteiger partial charge on any atom is 0.229 e. The summed E-state index contributed by atoms with van der Waals surface area (Å²) in [7, 11) is 0. The highest BCUT2D eigenvalue weighted by Gasteiger charge is 2.25. The van der Waals surface area contributed by atoms with Gasteiger partial charge in [-0.3, -0.25) is 14.5 Å². The van der Waals surface area contributed by atoms with Crippen molar-refractivity contribution in [1.82, 2.24) is 15.1 Å². The zero-order chi connectivity index (χ0) is 17.8. The molecule has 132 valence electrons. The SMILES string of the molecule is Cc1cc2n(n1)CCC(=O)N2CCCC(=O)NCc1ccccc1F. The van der Waals surface area contributed by atoms with Crippen LogP contribution in [0.25, 0.3) is 0 Å². The van der Waals surface area contributed by atoms with E-state index in [1.54, 1.807) is 23.1 Å². The summed E-state index contributed by atoms with van der Waals surface area (Å²) in [6.45, 7) is 3.13. The molecule has 0 saturated heterocycles. The number of anilines is 1. The summed E-state index contributed by atoms with van der Waals surface area (Å²) in [5.74, 6) is 0.363. The van der Waals surface area contributed by atoms with Crippen LogP contribution in [0.1, 0.15) is 30.5 Å². The third kappa shape index (κ3) is 4.04. The van der Waals surface area contributed by atoms with Crippen molar-refractivity contribution in [3.63, 3.8) is 0 Å². The van der Waals surface area contributed by atoms with E-state index in [-0.39, 0.29) is 30.6 Å². The quantitative estimate of drug-likeness (QED) is 0.873. The molecule has 0 bridgehead atoms. The summed E-state index contributed by atoms with van der Waals surface area (Å²) in [4.78, 5) is 25.8. The van der Waals surface area contributed by atoms with Gasteiger partial charge in [0.2, 0.25) is 11.8 Å². The lowest BCUT2D eigenvalue weighted by Crippen LogP contribution is -2.38. The zero-order valence-corrected chi connectivity index (χ0v) is 14.2. The molecular formula is C18H21FN4O2. The first-order chi connectivity index (χ1) is 12.0. The van der Waals surface area contributed by atoms with Crippen molar-refractivity contribution in [3.05, 3.63) is 47.4 Å². The Hall–Kier alpha value is -2.70. The minimum absolute atomic E-state index is 0.0548. The zero-order valence-electron chi connectivity index (χ0n) is 14.2. The topological polar surface area (TPSA) is 67.2 Å². The molecule has 25 heavy (non-hydrogen) atoms. The van der Waals surface area contributed by atoms with Gasteiger partial charge in [-0.15, -0.1) is 0 Å². The van der Waals surface area contributed by atoms with Crippen molar-refractivity contribution in [1.29, 1.82) is 0 Å². The van der Waals surface area contributed by atoms with E-state index in [0.717, 1.165) is 11.5 Å². The number of carbonyl (C=O) groups is 2. The third-order valence-corrected chi connectivity index (χ3v) is 4.22. The largest absolute Gasteiger partial charge is 0.352 e. The smallest absolute Gasteiger partial charge is 0.229 e. The van der Waals surface area contributed by atoms with Crippen LogP contribution in [0.2, 0.25) is 0 Å². The molecule has 0 radical (unpaired) electrons. The lowest BCUT2D eigenvalue weighted by Gasteiger charge is -2.27. The number of aryl methyl sites for hydroxylation is 2. The number of hydrogen-bond acceptors (Lipinski definition) is 3. The second-order valence-electron chi connectivity index (χ2n) is 6.13. The van der Waals surface area contributed by atoms with Crippen molar-refractivity contribution in [2.24, 2.45) is 0 Å². The second-order valence-corrected chi connectivity index (χ2v) is 6.13. The number of fused-ring (bicyclic) bond motifs is 1. The number of aromatic nitrogens is 2. The van der Waals surface area contributed by atoms with Gasteiger partial charge in [0.05, 0.1) is 12.2 Å². The molecule has 1 aliphatic heterocycles. The van der Waals surface area contributed by atoms with Crippen LogP contribution in [-0.2, 0) is 22.7 Å². The number of carbonyl (C=O) groups excluding carboxylic acids is 2. The predicted octanol–water partition coefficient (Wildman–Crippen LogP) is 2.16. The summed E-state index contributed by atoms with van der Waals surface area (Å²) in [5, 5.41) is 7.07. The van der Waals surface area contributed by atoms with Gasteiger partial charge in [0.1, 0.15) is 11.6 Å². The van der Waals surface area contributed by atoms with Gasteiger partial charge in [-0.1, -0.05) is 18.2 Å². The van der Waals surface area contributed by atoms with Crippen LogP contribution in [0.15, 0.2) is 30.3 Å². The summed E-state index contributed by atoms with van der Waals surface area (Å²) < 4.78 is 15.3. The molecule has 0 saturated carbocycles. The molecule has 0 unspecified atom stereocenters. The number of hydrogen-bond donors (Lipinski definition) is 1. The Labute approximate surface area is 145 Å². The second kappa shape index (κ2) is 7.46. The van der Waals surface area contributed by atoms with Crippen molar-refractivity contribution >= 4 is 17.6 Å². The van der Waals surface area contributed by atoms with E-state index < -0.39 is 0 Å². The van der Waals surface area contributed by atoms with E-state index in [9.17, 15) is 14.0 Å². The monoisotopic (exact) mass is 344 g/mol. The van der Waals surface area contributed by atoms with Crippen LogP contribution >= 0.6 is 0 Å². The molecule has 0 atom stereocenters. The van der Waals surface area contributed by atoms with Gasteiger partial charge in [-0.05, 0) is 19.4 Å². The van der Waals surface area contributed by atoms with Gasteiger partial charge in [-0.2, -0.15) is 5.10 Å². The van der Waals surface area contributed by atoms with Crippen LogP contribution in [0.4, 0.5) is 10.2 Å². The van der Waals surface area contributed by atoms with Gasteiger partial charge in [-0.25, -0.2) is 9.07 Å². The standard InChI is InChI=1S/C18H21FN4O2/c1-13-11-17-22(18(25)8-10-23(17)21-13)9-4-7-16(24)20-12-14-5-2-3-6-15(14)19/h2-3,5-6,11H,4,7-10,12H2,1H3,(H,20,24). The van der Waals surface area contributed by atoms with Crippen LogP contribution in [0.3, 0.4) is 0 Å². The molecule has 3 rings (SSSR count). The fraction of sp³-hybridized carbons (Fsp3) is 0.389. The summed E-state index contributed by atoms with van der Waals surface area (Å²) in [6, 6.07) is 8.25. The number of amides is 2. The Morgan fingerprint density at radius 3 is 2.96 bits per heavy atom. The molecular weight excluding hydrogens is 323 g/mol. The van der Waals surface area contributed by atoms with Gasteiger partial charge < -0.3 is 5.32 Å². The van der Waals surface area contributed by atoms with Crippen LogP contribution < -0.4 is 10.2 Å². The number of halogens is 1. The maximum atomic E-state index is 13.5. The summed E-state index contributed by atoms with van der Waals surface area (Å²) >= 11 is 0. The van der Waals surface area contributed by atoms with Crippen LogP contribution in [0, 0.1) is 12.7 Å². The molecule has 1 N–H and O–H groups in total. The highest BCUT2D eigenvalue weighted by molar-refractivity contribution is 5.93. The van der Waals surface area contributed by atoms with Crippen LogP contribution in [-0.4, -0.2) is 28.1 Å². The molecule has 6 nitrogen and oxygen atoms in total. The molecule has 2 heterocycles. The number of nitrogens with one attached hydrogen (secondary N) is 1. The molecule has 1 aromatic heterocycles. The van der Waals surface area contributed by atoms with Crippen molar-refractivity contribution < 1.29 is 14.0 Å². The minimum atomic E-state index is -0.328. The Kier molecular flexibility index (Phi) is 5.11. The first-order valence-corrected chi connectivity index (χ1v) is 8.39. The highest BCUT2D eigenvalue weighted by Crippen LogP contribution is 2.22. The lowest BCUT2D eigenvalue weighted by atomic mass is 10.2. The highest BCUT2D eigenvalue weighted by atomic mass is 19.1. The molecule has 1 aromatic carbocycles. The number of rotatable bonds is 6. The number of benzene rings is 1. The third-order valence-electron chi connectivity index (χ3n) is 4.22. The fourth-order valence-electron chi connectivity index (χ4n) is 2.94. The van der Waals surface area contributed by atoms with E-state index in [4.69, 9.17) is 0 Å². The van der Waals surface area contributed by atoms with E-state index in [1.165, 1.54) is 6.07 Å². The Balaban J connectivity index is 1.48. The molecule has 0 aliphatic carbocycles. The van der Waals surface area contributed by atoms with Gasteiger partial charge in [0.15, 0.2) is 0 Å². The van der Waals surface area contributed by atoms with E-state index in [0.29, 0.717) is 31.5 Å².